The highest BCUT2D eigenvalue weighted by molar-refractivity contribution is 9.10. The molecular weight excluding hydrogens is 330 g/mol. The van der Waals surface area contributed by atoms with E-state index in [1.165, 1.54) is 16.2 Å². The van der Waals surface area contributed by atoms with Crippen LogP contribution in [0.25, 0.3) is 0 Å². The lowest BCUT2D eigenvalue weighted by atomic mass is 10.1. The van der Waals surface area contributed by atoms with Gasteiger partial charge in [0.2, 0.25) is 0 Å². The van der Waals surface area contributed by atoms with Crippen molar-refractivity contribution in [2.45, 2.75) is 6.54 Å². The Labute approximate surface area is 121 Å². The highest BCUT2D eigenvalue weighted by Crippen LogP contribution is 2.27. The van der Waals surface area contributed by atoms with Gasteiger partial charge in [-0.25, -0.2) is 4.98 Å². The van der Waals surface area contributed by atoms with E-state index >= 15 is 0 Å². The number of amides is 2. The van der Waals surface area contributed by atoms with Gasteiger partial charge in [-0.1, -0.05) is 15.9 Å². The molecule has 2 aromatic rings. The molecule has 0 saturated heterocycles. The maximum absolute atomic E-state index is 12.2. The molecule has 1 aliphatic heterocycles. The number of carbonyl (C=O) groups is 2. The van der Waals surface area contributed by atoms with Crippen molar-refractivity contribution >= 4 is 44.2 Å². The monoisotopic (exact) mass is 337 g/mol. The van der Waals surface area contributed by atoms with Crippen LogP contribution in [0.4, 0.5) is 5.13 Å². The van der Waals surface area contributed by atoms with Gasteiger partial charge in [0.15, 0.2) is 5.13 Å². The molecule has 1 aromatic heterocycles. The van der Waals surface area contributed by atoms with Crippen LogP contribution in [-0.4, -0.2) is 21.7 Å². The maximum atomic E-state index is 12.2. The molecule has 0 radical (unpaired) electrons. The maximum Gasteiger partial charge on any atom is 0.261 e. The SMILES string of the molecule is Nc1nc(CN2C(=O)c3ccc(Br)cc3C2=O)cs1. The van der Waals surface area contributed by atoms with Gasteiger partial charge in [-0.3, -0.25) is 14.5 Å². The number of rotatable bonds is 2. The van der Waals surface area contributed by atoms with E-state index in [1.54, 1.807) is 23.6 Å². The molecule has 5 nitrogen and oxygen atoms in total. The van der Waals surface area contributed by atoms with Crippen molar-refractivity contribution in [1.82, 2.24) is 9.88 Å². The highest BCUT2D eigenvalue weighted by atomic mass is 79.9. The number of nitrogens with zero attached hydrogens (tertiary/aromatic N) is 2. The number of nitrogens with two attached hydrogens (primary N) is 1. The van der Waals surface area contributed by atoms with E-state index in [2.05, 4.69) is 20.9 Å². The quantitative estimate of drug-likeness (QED) is 0.853. The van der Waals surface area contributed by atoms with E-state index < -0.39 is 0 Å². The predicted octanol–water partition coefficient (Wildman–Crippen LogP) is 2.28. The lowest BCUT2D eigenvalue weighted by Crippen LogP contribution is -2.29. The first-order valence-corrected chi connectivity index (χ1v) is 7.09. The second-order valence-electron chi connectivity index (χ2n) is 4.06. The molecule has 0 spiro atoms. The van der Waals surface area contributed by atoms with E-state index in [9.17, 15) is 9.59 Å². The number of fused-ring (bicyclic) bond motifs is 1. The van der Waals surface area contributed by atoms with Gasteiger partial charge in [-0.2, -0.15) is 0 Å². The Balaban J connectivity index is 1.94. The van der Waals surface area contributed by atoms with E-state index in [4.69, 9.17) is 5.73 Å². The van der Waals surface area contributed by atoms with Crippen LogP contribution in [0, 0.1) is 0 Å². The number of hydrogen-bond donors (Lipinski definition) is 1. The van der Waals surface area contributed by atoms with Crippen molar-refractivity contribution in [2.24, 2.45) is 0 Å². The molecule has 7 heteroatoms. The largest absolute Gasteiger partial charge is 0.375 e. The Morgan fingerprint density at radius 2 is 2.00 bits per heavy atom. The topological polar surface area (TPSA) is 76.3 Å². The number of halogens is 1. The van der Waals surface area contributed by atoms with Gasteiger partial charge < -0.3 is 5.73 Å². The molecule has 1 aromatic carbocycles. The van der Waals surface area contributed by atoms with E-state index in [0.717, 1.165) is 4.47 Å². The molecule has 0 bridgehead atoms. The van der Waals surface area contributed by atoms with Crippen molar-refractivity contribution < 1.29 is 9.59 Å². The highest BCUT2D eigenvalue weighted by Gasteiger charge is 2.35. The molecule has 96 valence electrons. The van der Waals surface area contributed by atoms with Crippen LogP contribution in [0.2, 0.25) is 0 Å². The Morgan fingerprint density at radius 3 is 2.68 bits per heavy atom. The fourth-order valence-electron chi connectivity index (χ4n) is 1.96. The molecule has 0 aliphatic carbocycles. The van der Waals surface area contributed by atoms with E-state index in [0.29, 0.717) is 22.0 Å². The van der Waals surface area contributed by atoms with Gasteiger partial charge >= 0.3 is 0 Å². The first kappa shape index (κ1) is 12.3. The summed E-state index contributed by atoms with van der Waals surface area (Å²) in [5, 5.41) is 2.17. The third-order valence-electron chi connectivity index (χ3n) is 2.82. The Kier molecular flexibility index (Phi) is 2.87. The van der Waals surface area contributed by atoms with Gasteiger partial charge in [0, 0.05) is 9.85 Å². The molecule has 3 rings (SSSR count). The van der Waals surface area contributed by atoms with Crippen molar-refractivity contribution in [3.63, 3.8) is 0 Å². The van der Waals surface area contributed by atoms with Crippen LogP contribution >= 0.6 is 27.3 Å². The summed E-state index contributed by atoms with van der Waals surface area (Å²) in [4.78, 5) is 29.6. The molecule has 0 atom stereocenters. The van der Waals surface area contributed by atoms with Gasteiger partial charge in [0.1, 0.15) is 0 Å². The first-order chi connectivity index (χ1) is 9.06. The van der Waals surface area contributed by atoms with Gasteiger partial charge in [-0.05, 0) is 18.2 Å². The second kappa shape index (κ2) is 4.43. The second-order valence-corrected chi connectivity index (χ2v) is 5.87. The van der Waals surface area contributed by atoms with Crippen LogP contribution in [0.3, 0.4) is 0 Å². The zero-order valence-corrected chi connectivity index (χ0v) is 12.0. The number of benzene rings is 1. The summed E-state index contributed by atoms with van der Waals surface area (Å²) in [6, 6.07) is 5.05. The minimum atomic E-state index is -0.298. The molecule has 2 N–H and O–H groups in total. The lowest BCUT2D eigenvalue weighted by molar-refractivity contribution is 0.0640. The predicted molar refractivity (Wildman–Crippen MR) is 74.9 cm³/mol. The minimum absolute atomic E-state index is 0.150. The fourth-order valence-corrected chi connectivity index (χ4v) is 2.88. The summed E-state index contributed by atoms with van der Waals surface area (Å²) < 4.78 is 0.771. The van der Waals surface area contributed by atoms with Crippen LogP contribution in [0.15, 0.2) is 28.1 Å². The average molecular weight is 338 g/mol. The summed E-state index contributed by atoms with van der Waals surface area (Å²) in [5.41, 5.74) is 7.01. The van der Waals surface area contributed by atoms with E-state index in [1.807, 2.05) is 0 Å². The smallest absolute Gasteiger partial charge is 0.261 e. The Bertz CT molecular complexity index is 698. The number of anilines is 1. The average Bonchev–Trinajstić information content (AvgIpc) is 2.88. The van der Waals surface area contributed by atoms with Crippen LogP contribution in [0.5, 0.6) is 0 Å². The van der Waals surface area contributed by atoms with E-state index in [-0.39, 0.29) is 18.4 Å². The third-order valence-corrected chi connectivity index (χ3v) is 4.04. The lowest BCUT2D eigenvalue weighted by Gasteiger charge is -2.11. The van der Waals surface area contributed by atoms with Crippen molar-refractivity contribution in [3.8, 4) is 0 Å². The first-order valence-electron chi connectivity index (χ1n) is 5.42. The Hall–Kier alpha value is -1.73. The molecule has 0 saturated carbocycles. The summed E-state index contributed by atoms with van der Waals surface area (Å²) in [6.07, 6.45) is 0. The molecule has 2 amide bonds. The molecule has 0 fully saturated rings. The Morgan fingerprint density at radius 1 is 1.26 bits per heavy atom. The van der Waals surface area contributed by atoms with Crippen LogP contribution < -0.4 is 5.73 Å². The number of thiazole rings is 1. The normalized spacial score (nSPS) is 14.1. The zero-order valence-electron chi connectivity index (χ0n) is 9.59. The van der Waals surface area contributed by atoms with Gasteiger partial charge in [-0.15, -0.1) is 11.3 Å². The summed E-state index contributed by atoms with van der Waals surface area (Å²) in [7, 11) is 0. The molecule has 1 aliphatic rings. The van der Waals surface area contributed by atoms with Gasteiger partial charge in [0.05, 0.1) is 23.4 Å². The van der Waals surface area contributed by atoms with Crippen LogP contribution in [-0.2, 0) is 6.54 Å². The minimum Gasteiger partial charge on any atom is -0.375 e. The van der Waals surface area contributed by atoms with Crippen molar-refractivity contribution in [3.05, 3.63) is 44.9 Å². The van der Waals surface area contributed by atoms with Crippen molar-refractivity contribution in [2.75, 3.05) is 5.73 Å². The number of aromatic nitrogens is 1. The van der Waals surface area contributed by atoms with Crippen LogP contribution in [0.1, 0.15) is 26.4 Å². The van der Waals surface area contributed by atoms with Crippen molar-refractivity contribution in [1.29, 1.82) is 0 Å². The molecular formula is C12H8BrN3O2S. The summed E-state index contributed by atoms with van der Waals surface area (Å²) in [6.45, 7) is 0.150. The number of nitrogen functional groups attached to an aromatic ring is 1. The number of imide groups is 1. The van der Waals surface area contributed by atoms with Gasteiger partial charge in [0.25, 0.3) is 11.8 Å². The molecule has 2 heterocycles. The molecule has 0 unspecified atom stereocenters. The standard InChI is InChI=1S/C12H8BrN3O2S/c13-6-1-2-8-9(3-6)11(18)16(10(8)17)4-7-5-19-12(14)15-7/h1-3,5H,4H2,(H2,14,15). The fraction of sp³-hybridized carbons (Fsp3) is 0.0833. The third kappa shape index (κ3) is 2.04. The zero-order chi connectivity index (χ0) is 13.6. The molecule has 19 heavy (non-hydrogen) atoms. The number of hydrogen-bond acceptors (Lipinski definition) is 5. The summed E-state index contributed by atoms with van der Waals surface area (Å²) in [5.74, 6) is -0.591. The number of carbonyl (C=O) groups excluding carboxylic acids is 2. The summed E-state index contributed by atoms with van der Waals surface area (Å²) >= 11 is 4.58.